The SMILES string of the molecule is COC(=O)Cn1c(C)cc(C=O)c1CNC(C)=O. The third kappa shape index (κ3) is 3.19. The Hall–Kier alpha value is -2.11. The van der Waals surface area contributed by atoms with Gasteiger partial charge in [-0.05, 0) is 13.0 Å². The van der Waals surface area contributed by atoms with E-state index >= 15 is 0 Å². The monoisotopic (exact) mass is 252 g/mol. The predicted octanol–water partition coefficient (Wildman–Crippen LogP) is 0.418. The fourth-order valence-corrected chi connectivity index (χ4v) is 1.68. The zero-order chi connectivity index (χ0) is 13.7. The van der Waals surface area contributed by atoms with E-state index in [2.05, 4.69) is 10.1 Å². The number of amides is 1. The summed E-state index contributed by atoms with van der Waals surface area (Å²) < 4.78 is 6.26. The van der Waals surface area contributed by atoms with E-state index in [0.717, 1.165) is 5.69 Å². The van der Waals surface area contributed by atoms with Gasteiger partial charge >= 0.3 is 5.97 Å². The number of hydrogen-bond acceptors (Lipinski definition) is 4. The van der Waals surface area contributed by atoms with Gasteiger partial charge in [0.15, 0.2) is 6.29 Å². The number of rotatable bonds is 5. The summed E-state index contributed by atoms with van der Waals surface area (Å²) in [4.78, 5) is 33.2. The van der Waals surface area contributed by atoms with Crippen molar-refractivity contribution >= 4 is 18.2 Å². The third-order valence-corrected chi connectivity index (χ3v) is 2.60. The van der Waals surface area contributed by atoms with Gasteiger partial charge in [-0.25, -0.2) is 0 Å². The Kier molecular flexibility index (Phi) is 4.65. The van der Waals surface area contributed by atoms with Crippen LogP contribution in [0, 0.1) is 6.92 Å². The lowest BCUT2D eigenvalue weighted by molar-refractivity contribution is -0.141. The number of carbonyl (C=O) groups is 3. The summed E-state index contributed by atoms with van der Waals surface area (Å²) in [6.45, 7) is 3.40. The van der Waals surface area contributed by atoms with Crippen LogP contribution in [0.3, 0.4) is 0 Å². The molecule has 6 heteroatoms. The molecule has 0 atom stereocenters. The van der Waals surface area contributed by atoms with E-state index < -0.39 is 5.97 Å². The van der Waals surface area contributed by atoms with Crippen molar-refractivity contribution in [2.45, 2.75) is 26.9 Å². The second-order valence-electron chi connectivity index (χ2n) is 3.88. The van der Waals surface area contributed by atoms with Crippen LogP contribution < -0.4 is 5.32 Å². The summed E-state index contributed by atoms with van der Waals surface area (Å²) in [5.74, 6) is -0.606. The average Bonchev–Trinajstić information content (AvgIpc) is 2.63. The minimum absolute atomic E-state index is 0.0189. The summed E-state index contributed by atoms with van der Waals surface area (Å²) in [6.07, 6.45) is 0.706. The molecule has 0 aliphatic carbocycles. The lowest BCUT2D eigenvalue weighted by Gasteiger charge is -2.11. The highest BCUT2D eigenvalue weighted by Crippen LogP contribution is 2.14. The molecule has 1 aromatic rings. The van der Waals surface area contributed by atoms with Crippen LogP contribution in [-0.2, 0) is 27.4 Å². The highest BCUT2D eigenvalue weighted by Gasteiger charge is 2.15. The van der Waals surface area contributed by atoms with E-state index in [1.165, 1.54) is 14.0 Å². The number of hydrogen-bond donors (Lipinski definition) is 1. The molecule has 0 aliphatic heterocycles. The van der Waals surface area contributed by atoms with Crippen LogP contribution in [0.25, 0.3) is 0 Å². The molecule has 0 radical (unpaired) electrons. The minimum Gasteiger partial charge on any atom is -0.468 e. The van der Waals surface area contributed by atoms with Crippen molar-refractivity contribution in [2.75, 3.05) is 7.11 Å². The first-order valence-electron chi connectivity index (χ1n) is 5.45. The summed E-state index contributed by atoms with van der Waals surface area (Å²) in [5, 5.41) is 2.61. The molecule has 6 nitrogen and oxygen atoms in total. The van der Waals surface area contributed by atoms with Gasteiger partial charge in [0.2, 0.25) is 5.91 Å². The molecule has 0 spiro atoms. The number of nitrogens with zero attached hydrogens (tertiary/aromatic N) is 1. The third-order valence-electron chi connectivity index (χ3n) is 2.60. The van der Waals surface area contributed by atoms with Crippen molar-refractivity contribution < 1.29 is 19.1 Å². The van der Waals surface area contributed by atoms with Gasteiger partial charge in [0.1, 0.15) is 6.54 Å². The molecule has 0 fully saturated rings. The molecule has 1 rings (SSSR count). The fourth-order valence-electron chi connectivity index (χ4n) is 1.68. The van der Waals surface area contributed by atoms with Crippen LogP contribution in [0.4, 0.5) is 0 Å². The fraction of sp³-hybridized carbons (Fsp3) is 0.417. The van der Waals surface area contributed by atoms with Crippen LogP contribution >= 0.6 is 0 Å². The summed E-state index contributed by atoms with van der Waals surface area (Å²) in [5.41, 5.74) is 1.83. The number of aromatic nitrogens is 1. The van der Waals surface area contributed by atoms with Crippen molar-refractivity contribution in [1.29, 1.82) is 0 Å². The van der Waals surface area contributed by atoms with E-state index in [0.29, 0.717) is 17.5 Å². The zero-order valence-electron chi connectivity index (χ0n) is 10.6. The van der Waals surface area contributed by atoms with Gasteiger partial charge in [-0.15, -0.1) is 0 Å². The number of methoxy groups -OCH3 is 1. The lowest BCUT2D eigenvalue weighted by Crippen LogP contribution is -2.23. The van der Waals surface area contributed by atoms with Crippen LogP contribution in [0.15, 0.2) is 6.07 Å². The molecule has 0 aliphatic rings. The quantitative estimate of drug-likeness (QED) is 0.608. The van der Waals surface area contributed by atoms with Gasteiger partial charge < -0.3 is 14.6 Å². The van der Waals surface area contributed by atoms with Crippen molar-refractivity contribution in [3.8, 4) is 0 Å². The standard InChI is InChI=1S/C12H16N2O4/c1-8-4-10(7-15)11(5-13-9(2)16)14(8)6-12(17)18-3/h4,7H,5-6H2,1-3H3,(H,13,16). The number of aldehydes is 1. The molecule has 0 saturated heterocycles. The van der Waals surface area contributed by atoms with Gasteiger partial charge in [0, 0.05) is 23.9 Å². The average molecular weight is 252 g/mol. The Morgan fingerprint density at radius 3 is 2.67 bits per heavy atom. The van der Waals surface area contributed by atoms with Crippen LogP contribution in [0.1, 0.15) is 28.7 Å². The maximum absolute atomic E-state index is 11.3. The Labute approximate surface area is 105 Å². The summed E-state index contributed by atoms with van der Waals surface area (Å²) >= 11 is 0. The largest absolute Gasteiger partial charge is 0.468 e. The van der Waals surface area contributed by atoms with Gasteiger partial charge in [0.05, 0.1) is 13.7 Å². The van der Waals surface area contributed by atoms with Crippen molar-refractivity contribution in [1.82, 2.24) is 9.88 Å². The Balaban J connectivity index is 3.05. The second kappa shape index (κ2) is 6.00. The molecular formula is C12H16N2O4. The highest BCUT2D eigenvalue weighted by atomic mass is 16.5. The summed E-state index contributed by atoms with van der Waals surface area (Å²) in [7, 11) is 1.30. The van der Waals surface area contributed by atoms with Gasteiger partial charge in [-0.2, -0.15) is 0 Å². The van der Waals surface area contributed by atoms with Gasteiger partial charge in [0.25, 0.3) is 0 Å². The number of esters is 1. The van der Waals surface area contributed by atoms with E-state index in [1.807, 2.05) is 0 Å². The molecule has 98 valence electrons. The first-order chi connectivity index (χ1) is 8.49. The molecule has 18 heavy (non-hydrogen) atoms. The highest BCUT2D eigenvalue weighted by molar-refractivity contribution is 5.79. The topological polar surface area (TPSA) is 77.4 Å². The Morgan fingerprint density at radius 1 is 1.50 bits per heavy atom. The van der Waals surface area contributed by atoms with E-state index in [-0.39, 0.29) is 19.0 Å². The Morgan fingerprint density at radius 2 is 2.17 bits per heavy atom. The van der Waals surface area contributed by atoms with Crippen LogP contribution in [0.5, 0.6) is 0 Å². The van der Waals surface area contributed by atoms with Gasteiger partial charge in [-0.1, -0.05) is 0 Å². The smallest absolute Gasteiger partial charge is 0.325 e. The van der Waals surface area contributed by atoms with Crippen molar-refractivity contribution in [2.24, 2.45) is 0 Å². The molecule has 1 aromatic heterocycles. The Bertz CT molecular complexity index is 477. The molecular weight excluding hydrogens is 236 g/mol. The second-order valence-corrected chi connectivity index (χ2v) is 3.88. The normalized spacial score (nSPS) is 9.94. The molecule has 0 unspecified atom stereocenters. The van der Waals surface area contributed by atoms with Crippen molar-refractivity contribution in [3.05, 3.63) is 23.0 Å². The van der Waals surface area contributed by atoms with Crippen LogP contribution in [0.2, 0.25) is 0 Å². The minimum atomic E-state index is -0.407. The van der Waals surface area contributed by atoms with E-state index in [9.17, 15) is 14.4 Å². The first kappa shape index (κ1) is 14.0. The van der Waals surface area contributed by atoms with Crippen molar-refractivity contribution in [3.63, 3.8) is 0 Å². The number of nitrogens with one attached hydrogen (secondary N) is 1. The number of carbonyl (C=O) groups excluding carboxylic acids is 3. The van der Waals surface area contributed by atoms with Crippen LogP contribution in [-0.4, -0.2) is 29.8 Å². The molecule has 0 bridgehead atoms. The molecule has 1 amide bonds. The molecule has 0 saturated carbocycles. The molecule has 1 N–H and O–H groups in total. The number of aryl methyl sites for hydroxylation is 1. The number of ether oxygens (including phenoxy) is 1. The predicted molar refractivity (Wildman–Crippen MR) is 64.1 cm³/mol. The maximum Gasteiger partial charge on any atom is 0.325 e. The van der Waals surface area contributed by atoms with E-state index in [1.54, 1.807) is 17.6 Å². The first-order valence-corrected chi connectivity index (χ1v) is 5.45. The maximum atomic E-state index is 11.3. The lowest BCUT2D eigenvalue weighted by atomic mass is 10.2. The molecule has 0 aromatic carbocycles. The molecule has 1 heterocycles. The van der Waals surface area contributed by atoms with E-state index in [4.69, 9.17) is 0 Å². The van der Waals surface area contributed by atoms with Gasteiger partial charge in [-0.3, -0.25) is 14.4 Å². The zero-order valence-corrected chi connectivity index (χ0v) is 10.6. The summed E-state index contributed by atoms with van der Waals surface area (Å²) in [6, 6.07) is 1.67.